The van der Waals surface area contributed by atoms with E-state index in [1.807, 2.05) is 19.9 Å². The van der Waals surface area contributed by atoms with Crippen molar-refractivity contribution in [3.8, 4) is 0 Å². The summed E-state index contributed by atoms with van der Waals surface area (Å²) in [6, 6.07) is 4.99. The minimum absolute atomic E-state index is 0.0766. The lowest BCUT2D eigenvalue weighted by atomic mass is 10.1. The van der Waals surface area contributed by atoms with E-state index in [2.05, 4.69) is 10.3 Å². The molecule has 0 aliphatic rings. The van der Waals surface area contributed by atoms with E-state index in [1.54, 1.807) is 18.5 Å². The van der Waals surface area contributed by atoms with Crippen LogP contribution in [0.3, 0.4) is 0 Å². The molecule has 5 nitrogen and oxygen atoms in total. The molecular weight excluding hydrogens is 278 g/mol. The molecule has 0 spiro atoms. The van der Waals surface area contributed by atoms with Gasteiger partial charge in [-0.25, -0.2) is 0 Å². The van der Waals surface area contributed by atoms with Crippen LogP contribution < -0.4 is 5.32 Å². The highest BCUT2D eigenvalue weighted by Crippen LogP contribution is 2.30. The predicted molar refractivity (Wildman–Crippen MR) is 79.1 cm³/mol. The van der Waals surface area contributed by atoms with Crippen molar-refractivity contribution in [2.45, 2.75) is 20.4 Å². The van der Waals surface area contributed by atoms with Crippen LogP contribution in [-0.2, 0) is 6.54 Å². The first-order valence-electron chi connectivity index (χ1n) is 6.07. The Morgan fingerprint density at radius 2 is 2.10 bits per heavy atom. The molecule has 0 radical (unpaired) electrons. The fourth-order valence-electron chi connectivity index (χ4n) is 1.87. The van der Waals surface area contributed by atoms with E-state index in [4.69, 9.17) is 11.6 Å². The fourth-order valence-corrected chi connectivity index (χ4v) is 2.10. The molecule has 20 heavy (non-hydrogen) atoms. The van der Waals surface area contributed by atoms with E-state index in [-0.39, 0.29) is 10.7 Å². The Hall–Kier alpha value is -2.14. The second-order valence-electron chi connectivity index (χ2n) is 4.53. The Labute approximate surface area is 121 Å². The lowest BCUT2D eigenvalue weighted by Crippen LogP contribution is -2.04. The van der Waals surface area contributed by atoms with Crippen LogP contribution in [0, 0.1) is 24.0 Å². The molecule has 0 saturated carbocycles. The largest absolute Gasteiger partial charge is 0.381 e. The third-order valence-electron chi connectivity index (χ3n) is 3.11. The van der Waals surface area contributed by atoms with E-state index in [0.29, 0.717) is 6.54 Å². The second-order valence-corrected chi connectivity index (χ2v) is 4.94. The zero-order chi connectivity index (χ0) is 14.7. The van der Waals surface area contributed by atoms with Gasteiger partial charge in [0.05, 0.1) is 4.92 Å². The molecule has 104 valence electrons. The molecule has 0 bridgehead atoms. The first kappa shape index (κ1) is 14.3. The predicted octanol–water partition coefficient (Wildman–Crippen LogP) is 3.87. The number of anilines is 1. The van der Waals surface area contributed by atoms with Gasteiger partial charge in [0, 0.05) is 30.7 Å². The van der Waals surface area contributed by atoms with E-state index in [1.165, 1.54) is 6.07 Å². The second kappa shape index (κ2) is 5.88. The highest BCUT2D eigenvalue weighted by atomic mass is 35.5. The standard InChI is InChI=1S/C14H14ClN3O2/c1-9-3-4-16-7-11(9)8-17-13-6-12(15)14(18(19)20)5-10(13)2/h3-7,17H,8H2,1-2H3. The maximum absolute atomic E-state index is 10.8. The van der Waals surface area contributed by atoms with Gasteiger partial charge in [-0.3, -0.25) is 15.1 Å². The van der Waals surface area contributed by atoms with Gasteiger partial charge >= 0.3 is 0 Å². The van der Waals surface area contributed by atoms with Crippen LogP contribution in [0.15, 0.2) is 30.6 Å². The monoisotopic (exact) mass is 291 g/mol. The highest BCUT2D eigenvalue weighted by molar-refractivity contribution is 6.33. The Morgan fingerprint density at radius 3 is 2.75 bits per heavy atom. The number of nitro groups is 1. The van der Waals surface area contributed by atoms with Crippen LogP contribution in [0.4, 0.5) is 11.4 Å². The Kier molecular flexibility index (Phi) is 4.20. The molecule has 0 saturated heterocycles. The summed E-state index contributed by atoms with van der Waals surface area (Å²) in [4.78, 5) is 14.4. The zero-order valence-corrected chi connectivity index (χ0v) is 11.9. The first-order chi connectivity index (χ1) is 9.49. The maximum Gasteiger partial charge on any atom is 0.288 e. The number of benzene rings is 1. The van der Waals surface area contributed by atoms with Crippen LogP contribution in [0.2, 0.25) is 5.02 Å². The number of aryl methyl sites for hydroxylation is 2. The number of rotatable bonds is 4. The molecule has 0 fully saturated rings. The molecule has 2 aromatic rings. The summed E-state index contributed by atoms with van der Waals surface area (Å²) in [5.74, 6) is 0. The summed E-state index contributed by atoms with van der Waals surface area (Å²) >= 11 is 5.92. The van der Waals surface area contributed by atoms with Gasteiger partial charge in [-0.1, -0.05) is 11.6 Å². The van der Waals surface area contributed by atoms with Crippen LogP contribution >= 0.6 is 11.6 Å². The molecule has 0 aliphatic carbocycles. The molecule has 0 aliphatic heterocycles. The summed E-state index contributed by atoms with van der Waals surface area (Å²) in [7, 11) is 0. The van der Waals surface area contributed by atoms with Gasteiger partial charge in [0.1, 0.15) is 5.02 Å². The van der Waals surface area contributed by atoms with E-state index in [0.717, 1.165) is 22.4 Å². The number of pyridine rings is 1. The quantitative estimate of drug-likeness (QED) is 0.686. The average Bonchev–Trinajstić information content (AvgIpc) is 2.40. The van der Waals surface area contributed by atoms with Gasteiger partial charge < -0.3 is 5.32 Å². The summed E-state index contributed by atoms with van der Waals surface area (Å²) in [5.41, 5.74) is 3.69. The zero-order valence-electron chi connectivity index (χ0n) is 11.2. The average molecular weight is 292 g/mol. The SMILES string of the molecule is Cc1ccncc1CNc1cc(Cl)c([N+](=O)[O-])cc1C. The van der Waals surface area contributed by atoms with Gasteiger partial charge in [0.25, 0.3) is 5.69 Å². The van der Waals surface area contributed by atoms with Crippen molar-refractivity contribution in [2.75, 3.05) is 5.32 Å². The number of nitrogens with zero attached hydrogens (tertiary/aromatic N) is 2. The molecule has 2 rings (SSSR count). The Morgan fingerprint density at radius 1 is 1.35 bits per heavy atom. The van der Waals surface area contributed by atoms with Gasteiger partial charge in [-0.15, -0.1) is 0 Å². The van der Waals surface area contributed by atoms with Crippen molar-refractivity contribution in [3.63, 3.8) is 0 Å². The van der Waals surface area contributed by atoms with Crippen molar-refractivity contribution in [3.05, 3.63) is 62.4 Å². The van der Waals surface area contributed by atoms with Crippen LogP contribution in [-0.4, -0.2) is 9.91 Å². The van der Waals surface area contributed by atoms with Gasteiger partial charge in [0.2, 0.25) is 0 Å². The number of halogens is 1. The lowest BCUT2D eigenvalue weighted by Gasteiger charge is -2.11. The van der Waals surface area contributed by atoms with Crippen molar-refractivity contribution in [1.82, 2.24) is 4.98 Å². The van der Waals surface area contributed by atoms with Gasteiger partial charge in [-0.2, -0.15) is 0 Å². The normalized spacial score (nSPS) is 10.3. The van der Waals surface area contributed by atoms with E-state index >= 15 is 0 Å². The fraction of sp³-hybridized carbons (Fsp3) is 0.214. The topological polar surface area (TPSA) is 68.1 Å². The minimum atomic E-state index is -0.482. The molecule has 1 heterocycles. The molecule has 0 unspecified atom stereocenters. The first-order valence-corrected chi connectivity index (χ1v) is 6.44. The van der Waals surface area contributed by atoms with Gasteiger partial charge in [-0.05, 0) is 42.7 Å². The van der Waals surface area contributed by atoms with Crippen LogP contribution in [0.25, 0.3) is 0 Å². The number of hydrogen-bond acceptors (Lipinski definition) is 4. The summed E-state index contributed by atoms with van der Waals surface area (Å²) in [5, 5.41) is 14.2. The number of nitrogens with one attached hydrogen (secondary N) is 1. The molecule has 0 amide bonds. The third-order valence-corrected chi connectivity index (χ3v) is 3.41. The van der Waals surface area contributed by atoms with Gasteiger partial charge in [0.15, 0.2) is 0 Å². The number of nitro benzene ring substituents is 1. The van der Waals surface area contributed by atoms with Crippen LogP contribution in [0.5, 0.6) is 0 Å². The van der Waals surface area contributed by atoms with Crippen molar-refractivity contribution in [2.24, 2.45) is 0 Å². The van der Waals surface area contributed by atoms with E-state index < -0.39 is 4.92 Å². The van der Waals surface area contributed by atoms with Crippen molar-refractivity contribution >= 4 is 23.0 Å². The van der Waals surface area contributed by atoms with E-state index in [9.17, 15) is 10.1 Å². The smallest absolute Gasteiger partial charge is 0.288 e. The molecular formula is C14H14ClN3O2. The van der Waals surface area contributed by atoms with Crippen LogP contribution in [0.1, 0.15) is 16.7 Å². The lowest BCUT2D eigenvalue weighted by molar-refractivity contribution is -0.384. The number of aromatic nitrogens is 1. The Bertz CT molecular complexity index is 659. The summed E-state index contributed by atoms with van der Waals surface area (Å²) in [6.45, 7) is 4.41. The molecule has 1 aromatic heterocycles. The molecule has 6 heteroatoms. The molecule has 1 N–H and O–H groups in total. The summed E-state index contributed by atoms with van der Waals surface area (Å²) < 4.78 is 0. The minimum Gasteiger partial charge on any atom is -0.381 e. The molecule has 1 aromatic carbocycles. The highest BCUT2D eigenvalue weighted by Gasteiger charge is 2.14. The third kappa shape index (κ3) is 3.05. The maximum atomic E-state index is 10.8. The van der Waals surface area contributed by atoms with Crippen molar-refractivity contribution in [1.29, 1.82) is 0 Å². The number of hydrogen-bond donors (Lipinski definition) is 1. The summed E-state index contributed by atoms with van der Waals surface area (Å²) in [6.07, 6.45) is 3.54. The van der Waals surface area contributed by atoms with Crippen molar-refractivity contribution < 1.29 is 4.92 Å². The Balaban J connectivity index is 2.21. The molecule has 0 atom stereocenters.